The first-order valence-corrected chi connectivity index (χ1v) is 13.1. The smallest absolute Gasteiger partial charge is 0.430 e. The molecule has 3 aromatic carbocycles. The summed E-state index contributed by atoms with van der Waals surface area (Å²) in [6.45, 7) is 0. The molecule has 43 heavy (non-hydrogen) atoms. The van der Waals surface area contributed by atoms with E-state index in [9.17, 15) is 35.9 Å². The van der Waals surface area contributed by atoms with Gasteiger partial charge in [-0.1, -0.05) is 30.0 Å². The maximum atomic E-state index is 13.0. The maximum Gasteiger partial charge on any atom is 0.430 e. The summed E-state index contributed by atoms with van der Waals surface area (Å²) in [4.78, 5) is 22.0. The van der Waals surface area contributed by atoms with Gasteiger partial charge in [0.1, 0.15) is 11.5 Å². The molecule has 6 nitrogen and oxygen atoms in total. The summed E-state index contributed by atoms with van der Waals surface area (Å²) in [6, 6.07) is 18.1. The van der Waals surface area contributed by atoms with Crippen molar-refractivity contribution in [1.29, 1.82) is 0 Å². The summed E-state index contributed by atoms with van der Waals surface area (Å²) in [5.74, 6) is 2.51. The third-order valence-electron chi connectivity index (χ3n) is 5.87. The zero-order valence-corrected chi connectivity index (χ0v) is 23.5. The van der Waals surface area contributed by atoms with Crippen molar-refractivity contribution in [2.45, 2.75) is 24.6 Å². The molecule has 2 unspecified atom stereocenters. The highest BCUT2D eigenvalue weighted by atomic mass is 127. The van der Waals surface area contributed by atoms with Gasteiger partial charge >= 0.3 is 24.3 Å². The lowest BCUT2D eigenvalue weighted by Crippen LogP contribution is -2.40. The lowest BCUT2D eigenvalue weighted by Gasteiger charge is -2.27. The van der Waals surface area contributed by atoms with Gasteiger partial charge in [0.2, 0.25) is 12.2 Å². The second kappa shape index (κ2) is 12.4. The second-order valence-electron chi connectivity index (χ2n) is 8.94. The Balaban J connectivity index is 0.000000208. The quantitative estimate of drug-likeness (QED) is 0.170. The van der Waals surface area contributed by atoms with Crippen LogP contribution in [0.15, 0.2) is 77.9 Å². The molecule has 3 aromatic rings. The number of aliphatic carboxylic acids is 2. The van der Waals surface area contributed by atoms with Crippen molar-refractivity contribution >= 4 is 46.7 Å². The molecular weight excluding hydrogens is 697 g/mol. The van der Waals surface area contributed by atoms with Crippen LogP contribution >= 0.6 is 22.6 Å². The van der Waals surface area contributed by atoms with Gasteiger partial charge in [0, 0.05) is 25.8 Å². The summed E-state index contributed by atoms with van der Waals surface area (Å²) >= 11 is 1.98. The van der Waals surface area contributed by atoms with E-state index < -0.39 is 47.6 Å². The van der Waals surface area contributed by atoms with Crippen molar-refractivity contribution in [3.8, 4) is 23.3 Å². The average molecular weight is 714 g/mol. The second-order valence-corrected chi connectivity index (χ2v) is 10.2. The van der Waals surface area contributed by atoms with Crippen LogP contribution in [-0.4, -0.2) is 46.7 Å². The molecule has 2 atom stereocenters. The van der Waals surface area contributed by atoms with Gasteiger partial charge in [0.15, 0.2) is 0 Å². The summed E-state index contributed by atoms with van der Waals surface area (Å²) in [6.07, 6.45) is -12.5. The zero-order valence-electron chi connectivity index (χ0n) is 21.3. The third kappa shape index (κ3) is 7.69. The molecule has 0 fully saturated rings. The molecule has 0 radical (unpaired) electrons. The van der Waals surface area contributed by atoms with Gasteiger partial charge in [-0.05, 0) is 83.3 Å². The molecule has 0 aliphatic carbocycles. The molecule has 2 aliphatic heterocycles. The summed E-state index contributed by atoms with van der Waals surface area (Å²) in [7, 11) is 0. The SMILES string of the molecule is O=C(O)C1=Cc2cc(C#Cc3ccccc3)ccc2OC1C(F)(F)F.O=C(O)C1=Cc2cc(I)ccc2OC1C(F)(F)F. The van der Waals surface area contributed by atoms with E-state index in [2.05, 4.69) is 11.8 Å². The van der Waals surface area contributed by atoms with E-state index in [4.69, 9.17) is 19.7 Å². The number of carboxylic acids is 2. The van der Waals surface area contributed by atoms with Crippen LogP contribution in [0.4, 0.5) is 26.3 Å². The maximum absolute atomic E-state index is 13.0. The van der Waals surface area contributed by atoms with Crippen molar-refractivity contribution in [2.75, 3.05) is 0 Å². The Morgan fingerprint density at radius 3 is 1.63 bits per heavy atom. The number of ether oxygens (including phenoxy) is 2. The summed E-state index contributed by atoms with van der Waals surface area (Å²) in [5.41, 5.74) is 0.246. The normalized spacial score (nSPS) is 17.1. The van der Waals surface area contributed by atoms with Crippen LogP contribution in [0.25, 0.3) is 12.2 Å². The number of halogens is 7. The standard InChI is InChI=1S/C19H11F3O3.C11H6F3IO3/c20-19(21,22)17-15(18(23)24)11-14-10-13(8-9-16(14)25-17)7-6-12-4-2-1-3-5-12;12-11(13,14)9-7(10(16)17)4-5-3-6(15)1-2-8(5)18-9/h1-5,8-11,17H,(H,23,24);1-4,9H,(H,16,17). The van der Waals surface area contributed by atoms with Crippen molar-refractivity contribution in [2.24, 2.45) is 0 Å². The molecule has 0 saturated carbocycles. The Labute approximate surface area is 253 Å². The predicted octanol–water partition coefficient (Wildman–Crippen LogP) is 6.96. The number of carboxylic acid groups (broad SMARTS) is 2. The largest absolute Gasteiger partial charge is 0.478 e. The molecular formula is C30H17F6IO6. The van der Waals surface area contributed by atoms with Crippen molar-refractivity contribution < 1.29 is 55.6 Å². The Hall–Kier alpha value is -4.45. The van der Waals surface area contributed by atoms with Crippen LogP contribution < -0.4 is 9.47 Å². The van der Waals surface area contributed by atoms with Gasteiger partial charge in [0.05, 0.1) is 11.1 Å². The van der Waals surface area contributed by atoms with Crippen LogP contribution in [-0.2, 0) is 9.59 Å². The molecule has 2 aliphatic rings. The Morgan fingerprint density at radius 2 is 1.14 bits per heavy atom. The first-order valence-electron chi connectivity index (χ1n) is 12.0. The van der Waals surface area contributed by atoms with Crippen LogP contribution in [0.5, 0.6) is 11.5 Å². The molecule has 0 spiro atoms. The number of hydrogen-bond donors (Lipinski definition) is 2. The fourth-order valence-corrected chi connectivity index (χ4v) is 4.47. The van der Waals surface area contributed by atoms with E-state index >= 15 is 0 Å². The number of rotatable bonds is 2. The lowest BCUT2D eigenvalue weighted by molar-refractivity contribution is -0.187. The van der Waals surface area contributed by atoms with Crippen LogP contribution in [0, 0.1) is 15.4 Å². The van der Waals surface area contributed by atoms with E-state index in [1.807, 2.05) is 52.9 Å². The number of fused-ring (bicyclic) bond motifs is 2. The van der Waals surface area contributed by atoms with Gasteiger partial charge in [-0.2, -0.15) is 26.3 Å². The summed E-state index contributed by atoms with van der Waals surface area (Å²) < 4.78 is 87.4. The fraction of sp³-hybridized carbons (Fsp3) is 0.133. The molecule has 222 valence electrons. The molecule has 0 aromatic heterocycles. The van der Waals surface area contributed by atoms with Crippen molar-refractivity contribution in [1.82, 2.24) is 0 Å². The van der Waals surface area contributed by atoms with Gasteiger partial charge in [-0.15, -0.1) is 0 Å². The van der Waals surface area contributed by atoms with Gasteiger partial charge in [0.25, 0.3) is 0 Å². The van der Waals surface area contributed by atoms with Crippen LogP contribution in [0.1, 0.15) is 22.3 Å². The first-order chi connectivity index (χ1) is 20.1. The molecule has 13 heteroatoms. The lowest BCUT2D eigenvalue weighted by atomic mass is 9.99. The highest BCUT2D eigenvalue weighted by molar-refractivity contribution is 14.1. The molecule has 2 heterocycles. The Kier molecular flexibility index (Phi) is 9.09. The van der Waals surface area contributed by atoms with Gasteiger partial charge < -0.3 is 19.7 Å². The minimum atomic E-state index is -4.81. The first kappa shape index (κ1) is 31.5. The number of carbonyl (C=O) groups is 2. The molecule has 0 amide bonds. The highest BCUT2D eigenvalue weighted by Gasteiger charge is 2.49. The van der Waals surface area contributed by atoms with Crippen molar-refractivity contribution in [3.05, 3.63) is 104 Å². The van der Waals surface area contributed by atoms with Gasteiger partial charge in [-0.25, -0.2) is 9.59 Å². The zero-order chi connectivity index (χ0) is 31.5. The molecule has 5 rings (SSSR count). The molecule has 2 N–H and O–H groups in total. The van der Waals surface area contributed by atoms with Gasteiger partial charge in [-0.3, -0.25) is 0 Å². The fourth-order valence-electron chi connectivity index (χ4n) is 3.95. The minimum absolute atomic E-state index is 0.0300. The van der Waals surface area contributed by atoms with E-state index in [1.165, 1.54) is 24.3 Å². The predicted molar refractivity (Wildman–Crippen MR) is 150 cm³/mol. The van der Waals surface area contributed by atoms with E-state index in [-0.39, 0.29) is 17.1 Å². The Morgan fingerprint density at radius 1 is 0.674 bits per heavy atom. The van der Waals surface area contributed by atoms with E-state index in [0.717, 1.165) is 21.3 Å². The number of benzene rings is 3. The van der Waals surface area contributed by atoms with Crippen LogP contribution in [0.2, 0.25) is 0 Å². The minimum Gasteiger partial charge on any atom is -0.478 e. The van der Waals surface area contributed by atoms with E-state index in [0.29, 0.717) is 11.1 Å². The van der Waals surface area contributed by atoms with Crippen molar-refractivity contribution in [3.63, 3.8) is 0 Å². The number of hydrogen-bond acceptors (Lipinski definition) is 4. The van der Waals surface area contributed by atoms with E-state index in [1.54, 1.807) is 12.1 Å². The molecule has 0 saturated heterocycles. The summed E-state index contributed by atoms with van der Waals surface area (Å²) in [5, 5.41) is 17.9. The average Bonchev–Trinajstić information content (AvgIpc) is 2.94. The Bertz CT molecular complexity index is 1680. The molecule has 0 bridgehead atoms. The third-order valence-corrected chi connectivity index (χ3v) is 6.54. The highest BCUT2D eigenvalue weighted by Crippen LogP contribution is 2.39. The van der Waals surface area contributed by atoms with Crippen LogP contribution in [0.3, 0.4) is 0 Å². The monoisotopic (exact) mass is 714 g/mol. The topological polar surface area (TPSA) is 93.1 Å². The number of alkyl halides is 6.